The molecule has 2 aliphatic rings. The Hall–Kier alpha value is -0.860. The Morgan fingerprint density at radius 2 is 2.08 bits per heavy atom. The number of nitrogens with zero attached hydrogens (tertiary/aromatic N) is 4. The number of rotatable bonds is 5. The van der Waals surface area contributed by atoms with Gasteiger partial charge in [0.25, 0.3) is 0 Å². The van der Waals surface area contributed by atoms with Crippen LogP contribution in [0.25, 0.3) is 0 Å². The van der Waals surface area contributed by atoms with Gasteiger partial charge in [0.05, 0.1) is 6.54 Å². The predicted molar refractivity (Wildman–Crippen MR) is 111 cm³/mol. The summed E-state index contributed by atoms with van der Waals surface area (Å²) in [5.41, 5.74) is 0.564. The first kappa shape index (κ1) is 20.5. The van der Waals surface area contributed by atoms with Crippen LogP contribution in [0, 0.1) is 5.41 Å². The van der Waals surface area contributed by atoms with Crippen molar-refractivity contribution in [1.82, 2.24) is 20.4 Å². The first-order chi connectivity index (χ1) is 11.6. The Labute approximate surface area is 168 Å². The first-order valence-corrected chi connectivity index (χ1v) is 9.48. The maximum Gasteiger partial charge on any atom is 0.228 e. The fourth-order valence-electron chi connectivity index (χ4n) is 3.94. The zero-order valence-electron chi connectivity index (χ0n) is 15.8. The van der Waals surface area contributed by atoms with E-state index < -0.39 is 0 Å². The highest BCUT2D eigenvalue weighted by molar-refractivity contribution is 14.0. The molecule has 1 aromatic rings. The summed E-state index contributed by atoms with van der Waals surface area (Å²) in [6.07, 6.45) is 7.60. The number of aromatic nitrogens is 2. The van der Waals surface area contributed by atoms with Gasteiger partial charge in [0, 0.05) is 32.0 Å². The summed E-state index contributed by atoms with van der Waals surface area (Å²) in [6.45, 7) is 10.2. The van der Waals surface area contributed by atoms with Gasteiger partial charge in [-0.25, -0.2) is 0 Å². The van der Waals surface area contributed by atoms with Crippen molar-refractivity contribution in [3.05, 3.63) is 11.7 Å². The Kier molecular flexibility index (Phi) is 7.51. The third-order valence-electron chi connectivity index (χ3n) is 5.32. The molecule has 7 heteroatoms. The van der Waals surface area contributed by atoms with E-state index in [0.29, 0.717) is 30.2 Å². The second-order valence-corrected chi connectivity index (χ2v) is 7.57. The minimum Gasteiger partial charge on any atom is -0.357 e. The number of aliphatic imine (C=N–C) groups is 1. The van der Waals surface area contributed by atoms with E-state index in [4.69, 9.17) is 9.52 Å². The topological polar surface area (TPSA) is 66.5 Å². The number of nitrogens with one attached hydrogen (secondary N) is 1. The van der Waals surface area contributed by atoms with Gasteiger partial charge in [-0.05, 0) is 31.6 Å². The van der Waals surface area contributed by atoms with Gasteiger partial charge in [-0.1, -0.05) is 31.8 Å². The average Bonchev–Trinajstić information content (AvgIpc) is 3.29. The molecular weight excluding hydrogens is 429 g/mol. The molecule has 3 rings (SSSR count). The largest absolute Gasteiger partial charge is 0.357 e. The Balaban J connectivity index is 0.00000225. The molecule has 25 heavy (non-hydrogen) atoms. The molecule has 1 saturated carbocycles. The molecular formula is C18H32IN5O. The molecule has 142 valence electrons. The van der Waals surface area contributed by atoms with E-state index in [2.05, 4.69) is 41.1 Å². The van der Waals surface area contributed by atoms with Crippen LogP contribution in [0.2, 0.25) is 0 Å². The van der Waals surface area contributed by atoms with Gasteiger partial charge in [-0.2, -0.15) is 4.98 Å². The number of likely N-dealkylation sites (tertiary alicyclic amines) is 1. The summed E-state index contributed by atoms with van der Waals surface area (Å²) in [4.78, 5) is 11.7. The van der Waals surface area contributed by atoms with Crippen molar-refractivity contribution in [3.63, 3.8) is 0 Å². The highest BCUT2D eigenvalue weighted by Gasteiger charge is 2.41. The monoisotopic (exact) mass is 461 g/mol. The normalized spacial score (nSPS) is 19.7. The molecule has 1 N–H and O–H groups in total. The van der Waals surface area contributed by atoms with E-state index in [-0.39, 0.29) is 24.0 Å². The quantitative estimate of drug-likeness (QED) is 0.413. The van der Waals surface area contributed by atoms with E-state index in [1.54, 1.807) is 0 Å². The molecule has 0 radical (unpaired) electrons. The number of hydrogen-bond donors (Lipinski definition) is 1. The Morgan fingerprint density at radius 3 is 2.72 bits per heavy atom. The van der Waals surface area contributed by atoms with Crippen molar-refractivity contribution >= 4 is 29.9 Å². The molecule has 1 spiro atoms. The molecule has 0 unspecified atom stereocenters. The zero-order chi connectivity index (χ0) is 17.0. The summed E-state index contributed by atoms with van der Waals surface area (Å²) in [5, 5.41) is 7.46. The highest BCUT2D eigenvalue weighted by atomic mass is 127. The number of halogens is 1. The van der Waals surface area contributed by atoms with Crippen LogP contribution in [0.15, 0.2) is 9.52 Å². The molecule has 0 amide bonds. The molecule has 2 fully saturated rings. The summed E-state index contributed by atoms with van der Waals surface area (Å²) in [6, 6.07) is 0. The molecule has 0 bridgehead atoms. The van der Waals surface area contributed by atoms with Gasteiger partial charge in [0.2, 0.25) is 5.89 Å². The van der Waals surface area contributed by atoms with Gasteiger partial charge in [0.15, 0.2) is 11.8 Å². The molecule has 0 atom stereocenters. The van der Waals surface area contributed by atoms with Crippen molar-refractivity contribution in [3.8, 4) is 0 Å². The van der Waals surface area contributed by atoms with E-state index in [1.807, 2.05) is 0 Å². The van der Waals surface area contributed by atoms with Crippen LogP contribution in [0.5, 0.6) is 0 Å². The number of hydrogen-bond acceptors (Lipinski definition) is 4. The van der Waals surface area contributed by atoms with E-state index >= 15 is 0 Å². The van der Waals surface area contributed by atoms with Gasteiger partial charge in [0.1, 0.15) is 0 Å². The summed E-state index contributed by atoms with van der Waals surface area (Å²) in [5.74, 6) is 2.82. The molecule has 0 aromatic carbocycles. The maximum absolute atomic E-state index is 5.30. The third kappa shape index (κ3) is 5.08. The van der Waals surface area contributed by atoms with Crippen molar-refractivity contribution in [2.45, 2.75) is 65.2 Å². The van der Waals surface area contributed by atoms with Crippen molar-refractivity contribution in [2.24, 2.45) is 10.4 Å². The molecule has 1 aliphatic heterocycles. The lowest BCUT2D eigenvalue weighted by Crippen LogP contribution is -2.41. The lowest BCUT2D eigenvalue weighted by atomic mass is 9.86. The second-order valence-electron chi connectivity index (χ2n) is 7.57. The van der Waals surface area contributed by atoms with Crippen molar-refractivity contribution < 1.29 is 4.52 Å². The zero-order valence-corrected chi connectivity index (χ0v) is 18.1. The molecule has 1 aromatic heterocycles. The minimum atomic E-state index is 0. The summed E-state index contributed by atoms with van der Waals surface area (Å²) < 4.78 is 5.30. The average molecular weight is 461 g/mol. The van der Waals surface area contributed by atoms with Crippen LogP contribution < -0.4 is 5.32 Å². The van der Waals surface area contributed by atoms with E-state index in [9.17, 15) is 0 Å². The standard InChI is InChI=1S/C18H31N5O.HI/c1-4-19-17(23-12-10-18(13-23)8-5-6-9-18)20-11-7-15-21-16(14(2)3)22-24-15;/h14H,4-13H2,1-3H3,(H,19,20);1H. The highest BCUT2D eigenvalue weighted by Crippen LogP contribution is 2.45. The number of guanidine groups is 1. The second kappa shape index (κ2) is 9.19. The fraction of sp³-hybridized carbons (Fsp3) is 0.833. The Morgan fingerprint density at radius 1 is 1.32 bits per heavy atom. The SMILES string of the molecule is CCNC(=NCCc1nc(C(C)C)no1)N1CCC2(CCCC2)C1.I. The summed E-state index contributed by atoms with van der Waals surface area (Å²) >= 11 is 0. The first-order valence-electron chi connectivity index (χ1n) is 9.48. The predicted octanol–water partition coefficient (Wildman–Crippen LogP) is 3.59. The van der Waals surface area contributed by atoms with E-state index in [1.165, 1.54) is 32.1 Å². The van der Waals surface area contributed by atoms with Crippen LogP contribution >= 0.6 is 24.0 Å². The van der Waals surface area contributed by atoms with Crippen LogP contribution in [-0.4, -0.2) is 47.2 Å². The Bertz CT molecular complexity index is 566. The third-order valence-corrected chi connectivity index (χ3v) is 5.32. The van der Waals surface area contributed by atoms with Gasteiger partial charge >= 0.3 is 0 Å². The molecule has 1 aliphatic carbocycles. The lowest BCUT2D eigenvalue weighted by molar-refractivity contribution is 0.309. The lowest BCUT2D eigenvalue weighted by Gasteiger charge is -2.25. The van der Waals surface area contributed by atoms with Crippen LogP contribution in [-0.2, 0) is 6.42 Å². The van der Waals surface area contributed by atoms with Crippen LogP contribution in [0.4, 0.5) is 0 Å². The van der Waals surface area contributed by atoms with Crippen LogP contribution in [0.1, 0.15) is 70.5 Å². The molecule has 2 heterocycles. The maximum atomic E-state index is 5.30. The van der Waals surface area contributed by atoms with Gasteiger partial charge < -0.3 is 14.7 Å². The summed E-state index contributed by atoms with van der Waals surface area (Å²) in [7, 11) is 0. The van der Waals surface area contributed by atoms with Crippen molar-refractivity contribution in [1.29, 1.82) is 0 Å². The fourth-order valence-corrected chi connectivity index (χ4v) is 3.94. The van der Waals surface area contributed by atoms with Gasteiger partial charge in [-0.3, -0.25) is 4.99 Å². The van der Waals surface area contributed by atoms with Crippen LogP contribution in [0.3, 0.4) is 0 Å². The van der Waals surface area contributed by atoms with Crippen molar-refractivity contribution in [2.75, 3.05) is 26.2 Å². The van der Waals surface area contributed by atoms with Gasteiger partial charge in [-0.15, -0.1) is 24.0 Å². The smallest absolute Gasteiger partial charge is 0.228 e. The minimum absolute atomic E-state index is 0. The molecule has 1 saturated heterocycles. The molecule has 6 nitrogen and oxygen atoms in total. The van der Waals surface area contributed by atoms with E-state index in [0.717, 1.165) is 31.4 Å².